The zero-order valence-corrected chi connectivity index (χ0v) is 12.9. The van der Waals surface area contributed by atoms with Gasteiger partial charge in [-0.15, -0.1) is 0 Å². The van der Waals surface area contributed by atoms with Crippen LogP contribution in [0.3, 0.4) is 0 Å². The average Bonchev–Trinajstić information content (AvgIpc) is 2.91. The van der Waals surface area contributed by atoms with Crippen molar-refractivity contribution in [2.24, 2.45) is 5.92 Å². The molecule has 20 heavy (non-hydrogen) atoms. The van der Waals surface area contributed by atoms with Crippen molar-refractivity contribution in [2.75, 3.05) is 13.1 Å². The number of thiophene rings is 1. The predicted molar refractivity (Wildman–Crippen MR) is 80.6 cm³/mol. The average molecular weight is 294 g/mol. The highest BCUT2D eigenvalue weighted by Gasteiger charge is 2.27. The summed E-state index contributed by atoms with van der Waals surface area (Å²) in [7, 11) is 0. The van der Waals surface area contributed by atoms with Crippen LogP contribution in [0.5, 0.6) is 0 Å². The Balaban J connectivity index is 1.83. The topological polar surface area (TPSA) is 49.4 Å². The van der Waals surface area contributed by atoms with E-state index >= 15 is 0 Å². The maximum atomic E-state index is 12.3. The largest absolute Gasteiger partial charge is 0.353 e. The van der Waals surface area contributed by atoms with E-state index in [2.05, 4.69) is 22.1 Å². The van der Waals surface area contributed by atoms with Crippen LogP contribution >= 0.6 is 11.3 Å². The molecule has 1 fully saturated rings. The molecule has 0 bridgehead atoms. The van der Waals surface area contributed by atoms with Crippen LogP contribution in [0, 0.1) is 5.92 Å². The van der Waals surface area contributed by atoms with E-state index in [4.69, 9.17) is 0 Å². The number of carbonyl (C=O) groups is 2. The summed E-state index contributed by atoms with van der Waals surface area (Å²) < 4.78 is 0. The predicted octanol–water partition coefficient (Wildman–Crippen LogP) is 2.05. The number of nitrogens with one attached hydrogen (secondary N) is 1. The van der Waals surface area contributed by atoms with Gasteiger partial charge >= 0.3 is 0 Å². The maximum absolute atomic E-state index is 12.3. The number of amides is 2. The van der Waals surface area contributed by atoms with Gasteiger partial charge in [-0.3, -0.25) is 9.59 Å². The molecule has 5 heteroatoms. The summed E-state index contributed by atoms with van der Waals surface area (Å²) in [6.45, 7) is 4.94. The Morgan fingerprint density at radius 1 is 1.55 bits per heavy atom. The molecule has 0 saturated carbocycles. The lowest BCUT2D eigenvalue weighted by molar-refractivity contribution is -0.134. The Morgan fingerprint density at radius 2 is 2.35 bits per heavy atom. The Kier molecular flexibility index (Phi) is 5.17. The van der Waals surface area contributed by atoms with E-state index < -0.39 is 0 Å². The van der Waals surface area contributed by atoms with E-state index in [1.165, 1.54) is 5.56 Å². The van der Waals surface area contributed by atoms with Gasteiger partial charge in [0.05, 0.1) is 5.92 Å². The summed E-state index contributed by atoms with van der Waals surface area (Å²) in [5.74, 6) is 0.0880. The Bertz CT molecular complexity index is 458. The fourth-order valence-corrected chi connectivity index (χ4v) is 3.33. The van der Waals surface area contributed by atoms with E-state index in [1.807, 2.05) is 6.92 Å². The lowest BCUT2D eigenvalue weighted by atomic mass is 9.96. The van der Waals surface area contributed by atoms with Crippen LogP contribution in [0.15, 0.2) is 16.8 Å². The molecular formula is C15H22N2O2S. The van der Waals surface area contributed by atoms with Crippen molar-refractivity contribution < 1.29 is 9.59 Å². The van der Waals surface area contributed by atoms with E-state index in [9.17, 15) is 9.59 Å². The number of likely N-dealkylation sites (tertiary alicyclic amines) is 1. The third-order valence-corrected chi connectivity index (χ3v) is 4.48. The maximum Gasteiger partial charge on any atom is 0.225 e. The lowest BCUT2D eigenvalue weighted by Gasteiger charge is -2.31. The summed E-state index contributed by atoms with van der Waals surface area (Å²) in [6, 6.07) is 2.22. The van der Waals surface area contributed by atoms with Gasteiger partial charge in [-0.05, 0) is 48.6 Å². The van der Waals surface area contributed by atoms with E-state index in [0.29, 0.717) is 6.54 Å². The molecule has 2 atom stereocenters. The van der Waals surface area contributed by atoms with Gasteiger partial charge in [0.1, 0.15) is 0 Å². The molecule has 0 radical (unpaired) electrons. The first-order chi connectivity index (χ1) is 9.56. The third kappa shape index (κ3) is 4.07. The number of nitrogens with zero attached hydrogens (tertiary/aromatic N) is 1. The number of rotatable bonds is 4. The van der Waals surface area contributed by atoms with Crippen molar-refractivity contribution in [2.45, 2.75) is 39.2 Å². The van der Waals surface area contributed by atoms with Crippen LogP contribution in [-0.4, -0.2) is 35.8 Å². The summed E-state index contributed by atoms with van der Waals surface area (Å²) in [5.41, 5.74) is 1.26. The summed E-state index contributed by atoms with van der Waals surface area (Å²) in [6.07, 6.45) is 2.65. The molecule has 1 saturated heterocycles. The van der Waals surface area contributed by atoms with Crippen LogP contribution in [0.2, 0.25) is 0 Å². The highest BCUT2D eigenvalue weighted by Crippen LogP contribution is 2.17. The fourth-order valence-electron chi connectivity index (χ4n) is 2.65. The monoisotopic (exact) mass is 294 g/mol. The van der Waals surface area contributed by atoms with Gasteiger partial charge in [-0.25, -0.2) is 0 Å². The molecule has 0 aromatic carbocycles. The highest BCUT2D eigenvalue weighted by molar-refractivity contribution is 7.07. The van der Waals surface area contributed by atoms with E-state index in [1.54, 1.807) is 23.2 Å². The lowest BCUT2D eigenvalue weighted by Crippen LogP contribution is -2.46. The van der Waals surface area contributed by atoms with Gasteiger partial charge in [0.15, 0.2) is 0 Å². The van der Waals surface area contributed by atoms with Gasteiger partial charge in [0, 0.05) is 26.1 Å². The minimum Gasteiger partial charge on any atom is -0.353 e. The summed E-state index contributed by atoms with van der Waals surface area (Å²) >= 11 is 1.68. The summed E-state index contributed by atoms with van der Waals surface area (Å²) in [5, 5.41) is 7.24. The van der Waals surface area contributed by atoms with Crippen LogP contribution in [0.4, 0.5) is 0 Å². The second kappa shape index (κ2) is 6.88. The molecule has 1 aliphatic rings. The molecule has 4 nitrogen and oxygen atoms in total. The molecule has 0 spiro atoms. The normalized spacial score (nSPS) is 20.5. The third-order valence-electron chi connectivity index (χ3n) is 3.75. The molecule has 1 N–H and O–H groups in total. The van der Waals surface area contributed by atoms with Crippen molar-refractivity contribution in [3.8, 4) is 0 Å². The Hall–Kier alpha value is -1.36. The minimum absolute atomic E-state index is 0.0578. The van der Waals surface area contributed by atoms with Crippen LogP contribution in [0.1, 0.15) is 32.3 Å². The molecular weight excluding hydrogens is 272 g/mol. The van der Waals surface area contributed by atoms with Crippen molar-refractivity contribution in [1.29, 1.82) is 0 Å². The van der Waals surface area contributed by atoms with Crippen LogP contribution in [-0.2, 0) is 16.0 Å². The number of piperidine rings is 1. The molecule has 0 unspecified atom stereocenters. The molecule has 2 heterocycles. The number of hydrogen-bond donors (Lipinski definition) is 1. The van der Waals surface area contributed by atoms with Crippen molar-refractivity contribution in [1.82, 2.24) is 10.2 Å². The van der Waals surface area contributed by atoms with Gasteiger partial charge in [-0.2, -0.15) is 11.3 Å². The number of carbonyl (C=O) groups excluding carboxylic acids is 2. The van der Waals surface area contributed by atoms with Gasteiger partial charge in [-0.1, -0.05) is 0 Å². The van der Waals surface area contributed by atoms with Crippen LogP contribution in [0.25, 0.3) is 0 Å². The molecule has 1 aromatic heterocycles. The van der Waals surface area contributed by atoms with Gasteiger partial charge in [0.25, 0.3) is 0 Å². The SMILES string of the molecule is CC(=O)N1CCC[C@@H](C(=O)N[C@@H](C)Cc2ccsc2)C1. The van der Waals surface area contributed by atoms with E-state index in [-0.39, 0.29) is 23.8 Å². The standard InChI is InChI=1S/C15H22N2O2S/c1-11(8-13-5-7-20-10-13)16-15(19)14-4-3-6-17(9-14)12(2)18/h5,7,10-11,14H,3-4,6,8-9H2,1-2H3,(H,16,19)/t11-,14+/m0/s1. The van der Waals surface area contributed by atoms with Crippen LogP contribution < -0.4 is 5.32 Å². The first kappa shape index (κ1) is 15.0. The molecule has 1 aromatic rings. The van der Waals surface area contributed by atoms with Crippen molar-refractivity contribution in [3.63, 3.8) is 0 Å². The van der Waals surface area contributed by atoms with Crippen molar-refractivity contribution in [3.05, 3.63) is 22.4 Å². The molecule has 110 valence electrons. The zero-order chi connectivity index (χ0) is 14.5. The Morgan fingerprint density at radius 3 is 3.00 bits per heavy atom. The van der Waals surface area contributed by atoms with Gasteiger partial charge < -0.3 is 10.2 Å². The second-order valence-electron chi connectivity index (χ2n) is 5.55. The molecule has 2 amide bonds. The molecule has 0 aliphatic carbocycles. The van der Waals surface area contributed by atoms with Crippen molar-refractivity contribution >= 4 is 23.2 Å². The first-order valence-corrected chi connectivity index (χ1v) is 8.07. The first-order valence-electron chi connectivity index (χ1n) is 7.13. The Labute approximate surface area is 124 Å². The number of hydrogen-bond acceptors (Lipinski definition) is 3. The second-order valence-corrected chi connectivity index (χ2v) is 6.33. The highest BCUT2D eigenvalue weighted by atomic mass is 32.1. The molecule has 2 rings (SSSR count). The smallest absolute Gasteiger partial charge is 0.225 e. The van der Waals surface area contributed by atoms with E-state index in [0.717, 1.165) is 25.8 Å². The van der Waals surface area contributed by atoms with Gasteiger partial charge in [0.2, 0.25) is 11.8 Å². The minimum atomic E-state index is -0.0578. The summed E-state index contributed by atoms with van der Waals surface area (Å²) in [4.78, 5) is 25.4. The quantitative estimate of drug-likeness (QED) is 0.924. The fraction of sp³-hybridized carbons (Fsp3) is 0.600. The zero-order valence-electron chi connectivity index (χ0n) is 12.1. The molecule has 1 aliphatic heterocycles.